The summed E-state index contributed by atoms with van der Waals surface area (Å²) in [5.41, 5.74) is 12.5. The molecule has 0 N–H and O–H groups in total. The van der Waals surface area contributed by atoms with Gasteiger partial charge in [0.1, 0.15) is 0 Å². The normalized spacial score (nSPS) is 13.6. The fourth-order valence-corrected chi connectivity index (χ4v) is 9.73. The van der Waals surface area contributed by atoms with Crippen LogP contribution in [0.1, 0.15) is 30.5 Å². The van der Waals surface area contributed by atoms with Crippen LogP contribution in [0.25, 0.3) is 111 Å². The number of allylic oxidation sites excluding steroid dienone is 1. The first kappa shape index (κ1) is 35.9. The Bertz CT molecular complexity index is 3490. The van der Waals surface area contributed by atoms with Gasteiger partial charge in [-0.05, 0) is 115 Å². The van der Waals surface area contributed by atoms with Gasteiger partial charge in [0.2, 0.25) is 0 Å². The van der Waals surface area contributed by atoms with Crippen LogP contribution < -0.4 is 0 Å². The minimum atomic E-state index is 0.423. The van der Waals surface area contributed by atoms with Gasteiger partial charge in [0, 0.05) is 33.5 Å². The highest BCUT2D eigenvalue weighted by Gasteiger charge is 2.24. The molecule has 0 bridgehead atoms. The van der Waals surface area contributed by atoms with E-state index in [-0.39, 0.29) is 0 Å². The van der Waals surface area contributed by atoms with Crippen molar-refractivity contribution >= 4 is 49.3 Å². The smallest absolute Gasteiger partial charge is 0.164 e. The van der Waals surface area contributed by atoms with E-state index in [1.54, 1.807) is 0 Å². The highest BCUT2D eigenvalue weighted by molar-refractivity contribution is 6.26. The molecule has 0 spiro atoms. The fraction of sp³-hybridized carbons (Fsp3) is 0.0517. The van der Waals surface area contributed by atoms with Crippen LogP contribution in [0.4, 0.5) is 0 Å². The van der Waals surface area contributed by atoms with Crippen molar-refractivity contribution in [1.82, 2.24) is 19.5 Å². The largest absolute Gasteiger partial charge is 0.310 e. The summed E-state index contributed by atoms with van der Waals surface area (Å²) in [6, 6.07) is 69.5. The summed E-state index contributed by atoms with van der Waals surface area (Å²) in [5.74, 6) is 2.35. The van der Waals surface area contributed by atoms with Crippen LogP contribution in [0.15, 0.2) is 200 Å². The van der Waals surface area contributed by atoms with Crippen molar-refractivity contribution in [1.29, 1.82) is 0 Å². The van der Waals surface area contributed by atoms with Crippen LogP contribution >= 0.6 is 0 Å². The van der Waals surface area contributed by atoms with Crippen LogP contribution in [0.5, 0.6) is 0 Å². The number of nitrogens with zero attached hydrogens (tertiary/aromatic N) is 4. The number of benzene rings is 9. The third-order valence-electron chi connectivity index (χ3n) is 12.6. The van der Waals surface area contributed by atoms with Gasteiger partial charge in [-0.3, -0.25) is 0 Å². The number of rotatable bonds is 6. The summed E-state index contributed by atoms with van der Waals surface area (Å²) in [6.45, 7) is 2.35. The average molecular weight is 793 g/mol. The second kappa shape index (κ2) is 14.6. The molecule has 0 amide bonds. The Morgan fingerprint density at radius 2 is 0.871 bits per heavy atom. The number of hydrogen-bond acceptors (Lipinski definition) is 3. The minimum Gasteiger partial charge on any atom is -0.310 e. The minimum absolute atomic E-state index is 0.423. The van der Waals surface area contributed by atoms with E-state index in [9.17, 15) is 0 Å². The number of para-hydroxylation sites is 1. The molecule has 12 rings (SSSR count). The lowest BCUT2D eigenvalue weighted by Gasteiger charge is -2.17. The van der Waals surface area contributed by atoms with E-state index in [4.69, 9.17) is 15.0 Å². The van der Waals surface area contributed by atoms with E-state index in [0.29, 0.717) is 23.4 Å². The number of fused-ring (bicyclic) bond motifs is 9. The quantitative estimate of drug-likeness (QED) is 0.158. The van der Waals surface area contributed by atoms with E-state index in [0.717, 1.165) is 34.2 Å². The molecule has 9 aromatic carbocycles. The van der Waals surface area contributed by atoms with Crippen molar-refractivity contribution in [3.05, 3.63) is 211 Å². The fourth-order valence-electron chi connectivity index (χ4n) is 9.73. The Kier molecular flexibility index (Phi) is 8.49. The highest BCUT2D eigenvalue weighted by atomic mass is 15.0. The molecule has 62 heavy (non-hydrogen) atoms. The van der Waals surface area contributed by atoms with Crippen molar-refractivity contribution in [3.63, 3.8) is 0 Å². The predicted octanol–water partition coefficient (Wildman–Crippen LogP) is 15.1. The molecule has 11 aromatic rings. The summed E-state index contributed by atoms with van der Waals surface area (Å²) in [4.78, 5) is 15.2. The summed E-state index contributed by atoms with van der Waals surface area (Å²) in [6.07, 6.45) is 5.68. The zero-order valence-electron chi connectivity index (χ0n) is 34.2. The summed E-state index contributed by atoms with van der Waals surface area (Å²) in [5, 5.41) is 8.78. The van der Waals surface area contributed by atoms with Crippen LogP contribution in [0, 0.1) is 0 Å². The number of aromatic nitrogens is 4. The molecule has 292 valence electrons. The molecule has 0 saturated heterocycles. The SMILES string of the molecule is CC1CC=Cc2c1c1ccc(-c3cc4c5ccccc5c5ccccc5c4cc3-c3cccc(-c4nc(-c5ccccc5)nc(-c5ccccc5)n4)c3)cc1n2-c1ccccc1. The second-order valence-electron chi connectivity index (χ2n) is 16.4. The standard InChI is InChI=1S/C58H40N4/c1-37-17-15-30-53-55(37)48-32-31-41(34-54(48)62(53)43-24-9-4-10-25-43)50-36-52-47-29-14-12-27-45(47)44-26-11-13-28-46(44)51(52)35-49(50)40-22-16-23-42(33-40)58-60-56(38-18-5-2-6-19-38)59-57(61-58)39-20-7-3-8-21-39/h2-16,18-37H,17H2,1H3. The maximum Gasteiger partial charge on any atom is 0.164 e. The van der Waals surface area contributed by atoms with Gasteiger partial charge < -0.3 is 4.57 Å². The third kappa shape index (κ3) is 5.95. The van der Waals surface area contributed by atoms with Crippen molar-refractivity contribution in [2.75, 3.05) is 0 Å². The predicted molar refractivity (Wildman–Crippen MR) is 258 cm³/mol. The maximum absolute atomic E-state index is 5.12. The van der Waals surface area contributed by atoms with Crippen LogP contribution in [-0.2, 0) is 0 Å². The molecule has 0 aliphatic heterocycles. The van der Waals surface area contributed by atoms with Crippen molar-refractivity contribution in [2.45, 2.75) is 19.3 Å². The molecule has 1 atom stereocenters. The maximum atomic E-state index is 5.12. The van der Waals surface area contributed by atoms with E-state index < -0.39 is 0 Å². The van der Waals surface area contributed by atoms with Gasteiger partial charge in [0.25, 0.3) is 0 Å². The van der Waals surface area contributed by atoms with E-state index in [1.807, 2.05) is 36.4 Å². The molecular formula is C58H40N4. The van der Waals surface area contributed by atoms with E-state index in [2.05, 4.69) is 181 Å². The molecule has 1 aliphatic rings. The van der Waals surface area contributed by atoms with E-state index in [1.165, 1.54) is 71.3 Å². The Hall–Kier alpha value is -7.95. The van der Waals surface area contributed by atoms with Gasteiger partial charge in [-0.2, -0.15) is 0 Å². The number of hydrogen-bond donors (Lipinski definition) is 0. The molecular weight excluding hydrogens is 753 g/mol. The van der Waals surface area contributed by atoms with Crippen molar-refractivity contribution in [2.24, 2.45) is 0 Å². The van der Waals surface area contributed by atoms with E-state index >= 15 is 0 Å². The Labute approximate surface area is 360 Å². The zero-order chi connectivity index (χ0) is 41.1. The Morgan fingerprint density at radius 1 is 0.403 bits per heavy atom. The first-order chi connectivity index (χ1) is 30.7. The summed E-state index contributed by atoms with van der Waals surface area (Å²) >= 11 is 0. The van der Waals surface area contributed by atoms with Gasteiger partial charge >= 0.3 is 0 Å². The molecule has 4 heteroatoms. The monoisotopic (exact) mass is 792 g/mol. The van der Waals surface area contributed by atoms with Gasteiger partial charge in [0.05, 0.1) is 5.52 Å². The van der Waals surface area contributed by atoms with Crippen LogP contribution in [-0.4, -0.2) is 19.5 Å². The van der Waals surface area contributed by atoms with Gasteiger partial charge in [-0.15, -0.1) is 0 Å². The molecule has 0 saturated carbocycles. The summed E-state index contributed by atoms with van der Waals surface area (Å²) in [7, 11) is 0. The first-order valence-electron chi connectivity index (χ1n) is 21.4. The zero-order valence-corrected chi connectivity index (χ0v) is 34.2. The molecule has 0 radical (unpaired) electrons. The second-order valence-corrected chi connectivity index (χ2v) is 16.4. The molecule has 1 aliphatic carbocycles. The molecule has 2 aromatic heterocycles. The average Bonchev–Trinajstić information content (AvgIpc) is 3.69. The van der Waals surface area contributed by atoms with Crippen LogP contribution in [0.2, 0.25) is 0 Å². The van der Waals surface area contributed by atoms with Crippen molar-refractivity contribution < 1.29 is 0 Å². The molecule has 0 fully saturated rings. The van der Waals surface area contributed by atoms with Gasteiger partial charge in [-0.25, -0.2) is 15.0 Å². The Morgan fingerprint density at radius 3 is 1.45 bits per heavy atom. The lowest BCUT2D eigenvalue weighted by atomic mass is 9.86. The highest BCUT2D eigenvalue weighted by Crippen LogP contribution is 2.45. The molecule has 1 unspecified atom stereocenters. The van der Waals surface area contributed by atoms with Crippen molar-refractivity contribution in [3.8, 4) is 62.1 Å². The summed E-state index contributed by atoms with van der Waals surface area (Å²) < 4.78 is 2.46. The topological polar surface area (TPSA) is 43.6 Å². The molecule has 4 nitrogen and oxygen atoms in total. The lowest BCUT2D eigenvalue weighted by Crippen LogP contribution is -2.02. The molecule has 2 heterocycles. The van der Waals surface area contributed by atoms with Crippen LogP contribution in [0.3, 0.4) is 0 Å². The lowest BCUT2D eigenvalue weighted by molar-refractivity contribution is 0.773. The Balaban J connectivity index is 1.13. The first-order valence-corrected chi connectivity index (χ1v) is 21.4. The van der Waals surface area contributed by atoms with Gasteiger partial charge in [-0.1, -0.05) is 171 Å². The van der Waals surface area contributed by atoms with Gasteiger partial charge in [0.15, 0.2) is 17.5 Å². The third-order valence-corrected chi connectivity index (χ3v) is 12.6.